The third-order valence-corrected chi connectivity index (χ3v) is 3.54. The molecule has 5 nitrogen and oxygen atoms in total. The van der Waals surface area contributed by atoms with E-state index < -0.39 is 0 Å². The Hall–Kier alpha value is -1.75. The van der Waals surface area contributed by atoms with Crippen LogP contribution >= 0.6 is 0 Å². The van der Waals surface area contributed by atoms with E-state index in [1.54, 1.807) is 0 Å². The van der Waals surface area contributed by atoms with Crippen LogP contribution in [0.15, 0.2) is 18.2 Å². The Morgan fingerprint density at radius 3 is 2.83 bits per heavy atom. The maximum absolute atomic E-state index is 9.47. The van der Waals surface area contributed by atoms with Crippen LogP contribution in [0, 0.1) is 0 Å². The zero-order chi connectivity index (χ0) is 12.5. The SMILES string of the molecule is Nc1ccc2nc(NC3CCC(O)CC3)[nH]c2c1. The summed E-state index contributed by atoms with van der Waals surface area (Å²) in [5.41, 5.74) is 8.34. The summed E-state index contributed by atoms with van der Waals surface area (Å²) in [6.07, 6.45) is 3.58. The normalized spacial score (nSPS) is 24.3. The first-order chi connectivity index (χ1) is 8.70. The highest BCUT2D eigenvalue weighted by Gasteiger charge is 2.19. The van der Waals surface area contributed by atoms with Crippen LogP contribution in [0.1, 0.15) is 25.7 Å². The number of rotatable bonds is 2. The zero-order valence-corrected chi connectivity index (χ0v) is 10.2. The molecule has 18 heavy (non-hydrogen) atoms. The molecular weight excluding hydrogens is 228 g/mol. The average molecular weight is 246 g/mol. The molecular formula is C13H18N4O. The number of hydrogen-bond acceptors (Lipinski definition) is 4. The van der Waals surface area contributed by atoms with Crippen LogP contribution in [0.4, 0.5) is 11.6 Å². The summed E-state index contributed by atoms with van der Waals surface area (Å²) in [7, 11) is 0. The topological polar surface area (TPSA) is 87.0 Å². The number of H-pyrrole nitrogens is 1. The monoisotopic (exact) mass is 246 g/mol. The van der Waals surface area contributed by atoms with E-state index in [0.717, 1.165) is 48.4 Å². The number of nitrogens with one attached hydrogen (secondary N) is 2. The molecule has 0 radical (unpaired) electrons. The Bertz CT molecular complexity index is 543. The lowest BCUT2D eigenvalue weighted by atomic mass is 9.93. The Kier molecular flexibility index (Phi) is 2.83. The molecule has 2 aromatic rings. The second-order valence-electron chi connectivity index (χ2n) is 5.01. The molecule has 0 unspecified atom stereocenters. The molecule has 96 valence electrons. The van der Waals surface area contributed by atoms with Crippen LogP contribution in [0.3, 0.4) is 0 Å². The number of benzene rings is 1. The number of anilines is 2. The van der Waals surface area contributed by atoms with Gasteiger partial charge in [0, 0.05) is 11.7 Å². The van der Waals surface area contributed by atoms with Crippen molar-refractivity contribution in [2.24, 2.45) is 0 Å². The molecule has 0 amide bonds. The summed E-state index contributed by atoms with van der Waals surface area (Å²) in [4.78, 5) is 7.71. The fraction of sp³-hybridized carbons (Fsp3) is 0.462. The van der Waals surface area contributed by atoms with E-state index in [4.69, 9.17) is 5.73 Å². The van der Waals surface area contributed by atoms with Crippen molar-refractivity contribution < 1.29 is 5.11 Å². The summed E-state index contributed by atoms with van der Waals surface area (Å²) >= 11 is 0. The summed E-state index contributed by atoms with van der Waals surface area (Å²) in [6, 6.07) is 6.05. The molecule has 1 heterocycles. The minimum atomic E-state index is -0.126. The number of aromatic nitrogens is 2. The van der Waals surface area contributed by atoms with Gasteiger partial charge in [0.05, 0.1) is 17.1 Å². The van der Waals surface area contributed by atoms with Gasteiger partial charge in [-0.1, -0.05) is 0 Å². The van der Waals surface area contributed by atoms with E-state index in [1.165, 1.54) is 0 Å². The second kappa shape index (κ2) is 4.49. The van der Waals surface area contributed by atoms with Crippen molar-refractivity contribution in [2.75, 3.05) is 11.1 Å². The van der Waals surface area contributed by atoms with Crippen LogP contribution in [0.25, 0.3) is 11.0 Å². The van der Waals surface area contributed by atoms with Crippen molar-refractivity contribution in [3.8, 4) is 0 Å². The van der Waals surface area contributed by atoms with E-state index in [9.17, 15) is 5.11 Å². The third-order valence-electron chi connectivity index (χ3n) is 3.54. The fourth-order valence-electron chi connectivity index (χ4n) is 2.51. The second-order valence-corrected chi connectivity index (χ2v) is 5.01. The zero-order valence-electron chi connectivity index (χ0n) is 10.2. The van der Waals surface area contributed by atoms with Crippen molar-refractivity contribution in [1.82, 2.24) is 9.97 Å². The lowest BCUT2D eigenvalue weighted by molar-refractivity contribution is 0.126. The highest BCUT2D eigenvalue weighted by molar-refractivity contribution is 5.80. The molecule has 0 bridgehead atoms. The van der Waals surface area contributed by atoms with Gasteiger partial charge in [-0.25, -0.2) is 4.98 Å². The number of nitrogens with two attached hydrogens (primary N) is 1. The van der Waals surface area contributed by atoms with Gasteiger partial charge in [-0.15, -0.1) is 0 Å². The molecule has 0 atom stereocenters. The van der Waals surface area contributed by atoms with E-state index in [-0.39, 0.29) is 6.10 Å². The van der Waals surface area contributed by atoms with Crippen molar-refractivity contribution in [2.45, 2.75) is 37.8 Å². The first kappa shape index (κ1) is 11.3. The highest BCUT2D eigenvalue weighted by Crippen LogP contribution is 2.23. The largest absolute Gasteiger partial charge is 0.399 e. The molecule has 5 heteroatoms. The lowest BCUT2D eigenvalue weighted by Crippen LogP contribution is -2.28. The van der Waals surface area contributed by atoms with Crippen molar-refractivity contribution >= 4 is 22.7 Å². The third kappa shape index (κ3) is 2.26. The first-order valence-electron chi connectivity index (χ1n) is 6.40. The van der Waals surface area contributed by atoms with Gasteiger partial charge in [0.1, 0.15) is 0 Å². The number of aliphatic hydroxyl groups excluding tert-OH is 1. The molecule has 1 aromatic heterocycles. The number of nitrogen functional groups attached to an aromatic ring is 1. The van der Waals surface area contributed by atoms with Crippen molar-refractivity contribution in [1.29, 1.82) is 0 Å². The van der Waals surface area contributed by atoms with Gasteiger partial charge in [0.25, 0.3) is 0 Å². The summed E-state index contributed by atoms with van der Waals surface area (Å²) in [6.45, 7) is 0. The molecule has 0 spiro atoms. The minimum Gasteiger partial charge on any atom is -0.399 e. The van der Waals surface area contributed by atoms with Crippen LogP contribution < -0.4 is 11.1 Å². The predicted molar refractivity (Wildman–Crippen MR) is 72.4 cm³/mol. The molecule has 1 saturated carbocycles. The Morgan fingerprint density at radius 2 is 2.06 bits per heavy atom. The van der Waals surface area contributed by atoms with Gasteiger partial charge in [0.15, 0.2) is 0 Å². The van der Waals surface area contributed by atoms with E-state index >= 15 is 0 Å². The molecule has 1 aliphatic rings. The predicted octanol–water partition coefficient (Wildman–Crippen LogP) is 1.86. The van der Waals surface area contributed by atoms with Gasteiger partial charge < -0.3 is 21.1 Å². The number of aliphatic hydroxyl groups is 1. The van der Waals surface area contributed by atoms with Gasteiger partial charge in [-0.2, -0.15) is 0 Å². The van der Waals surface area contributed by atoms with Crippen LogP contribution in [0.2, 0.25) is 0 Å². The number of aromatic amines is 1. The summed E-state index contributed by atoms with van der Waals surface area (Å²) in [5.74, 6) is 0.789. The maximum Gasteiger partial charge on any atom is 0.201 e. The van der Waals surface area contributed by atoms with Gasteiger partial charge >= 0.3 is 0 Å². The molecule has 3 rings (SSSR count). The number of fused-ring (bicyclic) bond motifs is 1. The Labute approximate surface area is 105 Å². The molecule has 0 aliphatic heterocycles. The van der Waals surface area contributed by atoms with E-state index in [1.807, 2.05) is 18.2 Å². The van der Waals surface area contributed by atoms with Crippen molar-refractivity contribution in [3.63, 3.8) is 0 Å². The Balaban J connectivity index is 1.74. The Morgan fingerprint density at radius 1 is 1.28 bits per heavy atom. The van der Waals surface area contributed by atoms with Gasteiger partial charge in [-0.3, -0.25) is 0 Å². The highest BCUT2D eigenvalue weighted by atomic mass is 16.3. The van der Waals surface area contributed by atoms with Crippen molar-refractivity contribution in [3.05, 3.63) is 18.2 Å². The number of nitrogens with zero attached hydrogens (tertiary/aromatic N) is 1. The molecule has 1 aliphatic carbocycles. The molecule has 5 N–H and O–H groups in total. The fourth-order valence-corrected chi connectivity index (χ4v) is 2.51. The minimum absolute atomic E-state index is 0.126. The number of hydrogen-bond donors (Lipinski definition) is 4. The van der Waals surface area contributed by atoms with Crippen LogP contribution in [0.5, 0.6) is 0 Å². The smallest absolute Gasteiger partial charge is 0.201 e. The van der Waals surface area contributed by atoms with E-state index in [2.05, 4.69) is 15.3 Å². The lowest BCUT2D eigenvalue weighted by Gasteiger charge is -2.25. The molecule has 0 saturated heterocycles. The quantitative estimate of drug-likeness (QED) is 0.609. The van der Waals surface area contributed by atoms with E-state index in [0.29, 0.717) is 6.04 Å². The summed E-state index contributed by atoms with van der Waals surface area (Å²) in [5, 5.41) is 12.9. The van der Waals surface area contributed by atoms with Gasteiger partial charge in [-0.05, 0) is 43.9 Å². The summed E-state index contributed by atoms with van der Waals surface area (Å²) < 4.78 is 0. The average Bonchev–Trinajstić information content (AvgIpc) is 2.73. The standard InChI is InChI=1S/C13H18N4O/c14-8-1-6-11-12(7-8)17-13(16-11)15-9-2-4-10(18)5-3-9/h1,6-7,9-10,18H,2-5,14H2,(H2,15,16,17). The number of imidazole rings is 1. The van der Waals surface area contributed by atoms with Crippen LogP contribution in [-0.4, -0.2) is 27.2 Å². The van der Waals surface area contributed by atoms with Crippen LogP contribution in [-0.2, 0) is 0 Å². The molecule has 1 aromatic carbocycles. The van der Waals surface area contributed by atoms with Gasteiger partial charge in [0.2, 0.25) is 5.95 Å². The maximum atomic E-state index is 9.47. The molecule has 1 fully saturated rings. The first-order valence-corrected chi connectivity index (χ1v) is 6.40.